The zero-order valence-corrected chi connectivity index (χ0v) is 12.7. The van der Waals surface area contributed by atoms with Crippen molar-refractivity contribution < 1.29 is 9.53 Å². The number of hydrogen-bond acceptors (Lipinski definition) is 3. The van der Waals surface area contributed by atoms with E-state index in [0.717, 1.165) is 30.5 Å². The molecule has 2 heterocycles. The van der Waals surface area contributed by atoms with Crippen LogP contribution in [0.2, 0.25) is 0 Å². The van der Waals surface area contributed by atoms with Crippen molar-refractivity contribution in [2.45, 2.75) is 32.4 Å². The van der Waals surface area contributed by atoms with Gasteiger partial charge in [-0.15, -0.1) is 0 Å². The normalized spacial score (nSPS) is 17.5. The number of nitrogens with zero attached hydrogens (tertiary/aromatic N) is 2. The summed E-state index contributed by atoms with van der Waals surface area (Å²) in [6.07, 6.45) is 5.38. The summed E-state index contributed by atoms with van der Waals surface area (Å²) in [5.74, 6) is 0. The third-order valence-electron chi connectivity index (χ3n) is 4.12. The zero-order valence-electron chi connectivity index (χ0n) is 12.7. The molecule has 0 radical (unpaired) electrons. The van der Waals surface area contributed by atoms with Crippen molar-refractivity contribution in [3.05, 3.63) is 65.5 Å². The number of aromatic nitrogens is 1. The number of benzene rings is 1. The average Bonchev–Trinajstić information content (AvgIpc) is 3.03. The third-order valence-corrected chi connectivity index (χ3v) is 4.12. The van der Waals surface area contributed by atoms with Crippen LogP contribution in [-0.4, -0.2) is 22.5 Å². The number of amides is 1. The summed E-state index contributed by atoms with van der Waals surface area (Å²) in [7, 11) is 0. The van der Waals surface area contributed by atoms with Gasteiger partial charge in [0.2, 0.25) is 0 Å². The van der Waals surface area contributed by atoms with E-state index in [-0.39, 0.29) is 12.1 Å². The Kier molecular flexibility index (Phi) is 4.37. The first kappa shape index (κ1) is 14.6. The fourth-order valence-corrected chi connectivity index (χ4v) is 2.97. The van der Waals surface area contributed by atoms with Gasteiger partial charge in [0.15, 0.2) is 0 Å². The molecule has 0 saturated carbocycles. The molecule has 1 aliphatic heterocycles. The minimum absolute atomic E-state index is 0.103. The summed E-state index contributed by atoms with van der Waals surface area (Å²) in [6.45, 7) is 3.10. The molecule has 1 fully saturated rings. The Morgan fingerprint density at radius 3 is 2.91 bits per heavy atom. The maximum absolute atomic E-state index is 12.4. The van der Waals surface area contributed by atoms with Crippen LogP contribution in [0, 0.1) is 6.92 Å². The monoisotopic (exact) mass is 296 g/mol. The van der Waals surface area contributed by atoms with Gasteiger partial charge in [0.1, 0.15) is 6.61 Å². The lowest BCUT2D eigenvalue weighted by Gasteiger charge is -2.25. The molecule has 22 heavy (non-hydrogen) atoms. The first-order valence-corrected chi connectivity index (χ1v) is 7.63. The number of likely N-dealkylation sites (tertiary alicyclic amines) is 1. The molecule has 0 N–H and O–H groups in total. The highest BCUT2D eigenvalue weighted by atomic mass is 16.6. The van der Waals surface area contributed by atoms with E-state index in [9.17, 15) is 4.79 Å². The lowest BCUT2D eigenvalue weighted by Crippen LogP contribution is -2.31. The Bertz CT molecular complexity index is 643. The van der Waals surface area contributed by atoms with Crippen LogP contribution in [-0.2, 0) is 11.3 Å². The molecule has 114 valence electrons. The molecule has 0 unspecified atom stereocenters. The number of rotatable bonds is 3. The Balaban J connectivity index is 1.68. The minimum Gasteiger partial charge on any atom is -0.445 e. The highest BCUT2D eigenvalue weighted by Gasteiger charge is 2.31. The molecule has 1 amide bonds. The summed E-state index contributed by atoms with van der Waals surface area (Å²) in [5, 5.41) is 0. The quantitative estimate of drug-likeness (QED) is 0.863. The Labute approximate surface area is 130 Å². The minimum atomic E-state index is -0.234. The van der Waals surface area contributed by atoms with Gasteiger partial charge in [-0.25, -0.2) is 4.79 Å². The Morgan fingerprint density at radius 2 is 2.14 bits per heavy atom. The van der Waals surface area contributed by atoms with Gasteiger partial charge in [-0.1, -0.05) is 30.3 Å². The van der Waals surface area contributed by atoms with Gasteiger partial charge >= 0.3 is 6.09 Å². The van der Waals surface area contributed by atoms with E-state index in [0.29, 0.717) is 6.61 Å². The first-order valence-electron chi connectivity index (χ1n) is 7.63. The number of ether oxygens (including phenoxy) is 1. The molecule has 1 atom stereocenters. The van der Waals surface area contributed by atoms with E-state index in [1.54, 1.807) is 6.20 Å². The maximum atomic E-state index is 12.4. The molecule has 0 spiro atoms. The van der Waals surface area contributed by atoms with E-state index >= 15 is 0 Å². The number of carbonyl (C=O) groups is 1. The molecule has 1 saturated heterocycles. The average molecular weight is 296 g/mol. The fourth-order valence-electron chi connectivity index (χ4n) is 2.97. The topological polar surface area (TPSA) is 42.4 Å². The number of pyridine rings is 1. The van der Waals surface area contributed by atoms with E-state index in [4.69, 9.17) is 4.74 Å². The Morgan fingerprint density at radius 1 is 1.32 bits per heavy atom. The second-order valence-corrected chi connectivity index (χ2v) is 5.62. The smallest absolute Gasteiger partial charge is 0.410 e. The molecule has 1 aliphatic rings. The third kappa shape index (κ3) is 3.11. The van der Waals surface area contributed by atoms with Crippen LogP contribution < -0.4 is 0 Å². The van der Waals surface area contributed by atoms with Crippen LogP contribution >= 0.6 is 0 Å². The predicted octanol–water partition coefficient (Wildman–Crippen LogP) is 3.86. The number of aryl methyl sites for hydroxylation is 1. The summed E-state index contributed by atoms with van der Waals surface area (Å²) in [4.78, 5) is 18.4. The van der Waals surface area contributed by atoms with E-state index in [1.807, 2.05) is 54.4 Å². The summed E-state index contributed by atoms with van der Waals surface area (Å²) in [5.41, 5.74) is 3.30. The molecule has 4 nitrogen and oxygen atoms in total. The van der Waals surface area contributed by atoms with Crippen LogP contribution in [0.3, 0.4) is 0 Å². The SMILES string of the molecule is Cc1cnccc1[C@@H]1CCCN1C(=O)OCc1ccccc1. The molecular formula is C18H20N2O2. The highest BCUT2D eigenvalue weighted by molar-refractivity contribution is 5.69. The van der Waals surface area contributed by atoms with Crippen molar-refractivity contribution in [1.82, 2.24) is 9.88 Å². The van der Waals surface area contributed by atoms with Crippen molar-refractivity contribution in [2.24, 2.45) is 0 Å². The molecule has 0 bridgehead atoms. The molecule has 1 aromatic carbocycles. The summed E-state index contributed by atoms with van der Waals surface area (Å²) < 4.78 is 5.47. The van der Waals surface area contributed by atoms with Crippen LogP contribution in [0.25, 0.3) is 0 Å². The lowest BCUT2D eigenvalue weighted by atomic mass is 10.0. The van der Waals surface area contributed by atoms with E-state index in [2.05, 4.69) is 4.98 Å². The largest absolute Gasteiger partial charge is 0.445 e. The van der Waals surface area contributed by atoms with E-state index in [1.165, 1.54) is 5.56 Å². The number of carbonyl (C=O) groups excluding carboxylic acids is 1. The predicted molar refractivity (Wildman–Crippen MR) is 84.3 cm³/mol. The van der Waals surface area contributed by atoms with Gasteiger partial charge in [0, 0.05) is 18.9 Å². The molecule has 3 rings (SSSR count). The fraction of sp³-hybridized carbons (Fsp3) is 0.333. The van der Waals surface area contributed by atoms with Crippen LogP contribution in [0.15, 0.2) is 48.8 Å². The molecular weight excluding hydrogens is 276 g/mol. The second-order valence-electron chi connectivity index (χ2n) is 5.62. The molecule has 0 aliphatic carbocycles. The van der Waals surface area contributed by atoms with E-state index < -0.39 is 0 Å². The highest BCUT2D eigenvalue weighted by Crippen LogP contribution is 2.33. The van der Waals surface area contributed by atoms with Crippen molar-refractivity contribution in [3.63, 3.8) is 0 Å². The summed E-state index contributed by atoms with van der Waals surface area (Å²) >= 11 is 0. The van der Waals surface area contributed by atoms with Gasteiger partial charge in [-0.05, 0) is 42.5 Å². The molecule has 4 heteroatoms. The molecule has 1 aromatic heterocycles. The van der Waals surface area contributed by atoms with Gasteiger partial charge in [0.05, 0.1) is 6.04 Å². The van der Waals surface area contributed by atoms with Gasteiger partial charge in [-0.3, -0.25) is 4.98 Å². The number of hydrogen-bond donors (Lipinski definition) is 0. The lowest BCUT2D eigenvalue weighted by molar-refractivity contribution is 0.0920. The van der Waals surface area contributed by atoms with Gasteiger partial charge in [-0.2, -0.15) is 0 Å². The van der Waals surface area contributed by atoms with Crippen molar-refractivity contribution in [3.8, 4) is 0 Å². The zero-order chi connectivity index (χ0) is 15.4. The van der Waals surface area contributed by atoms with Crippen LogP contribution in [0.5, 0.6) is 0 Å². The van der Waals surface area contributed by atoms with Gasteiger partial charge < -0.3 is 9.64 Å². The first-order chi connectivity index (χ1) is 10.8. The van der Waals surface area contributed by atoms with Crippen molar-refractivity contribution >= 4 is 6.09 Å². The van der Waals surface area contributed by atoms with Crippen molar-refractivity contribution in [2.75, 3.05) is 6.54 Å². The van der Waals surface area contributed by atoms with Crippen LogP contribution in [0.1, 0.15) is 35.6 Å². The van der Waals surface area contributed by atoms with Gasteiger partial charge in [0.25, 0.3) is 0 Å². The standard InChI is InChI=1S/C18H20N2O2/c1-14-12-19-10-9-16(14)17-8-5-11-20(17)18(21)22-13-15-6-3-2-4-7-15/h2-4,6-7,9-10,12,17H,5,8,11,13H2,1H3/t17-/m0/s1. The van der Waals surface area contributed by atoms with Crippen LogP contribution in [0.4, 0.5) is 4.79 Å². The summed E-state index contributed by atoms with van der Waals surface area (Å²) in [6, 6.07) is 11.9. The van der Waals surface area contributed by atoms with Crippen molar-refractivity contribution in [1.29, 1.82) is 0 Å². The Hall–Kier alpha value is -2.36. The maximum Gasteiger partial charge on any atom is 0.410 e. The second kappa shape index (κ2) is 6.60. The molecule has 2 aromatic rings.